The molecule has 0 atom stereocenters. The molecule has 0 fully saturated rings. The smallest absolute Gasteiger partial charge is 0.257 e. The molecule has 0 aliphatic carbocycles. The van der Waals surface area contributed by atoms with Crippen LogP contribution in [-0.4, -0.2) is 30.0 Å². The van der Waals surface area contributed by atoms with Gasteiger partial charge in [0.05, 0.1) is 0 Å². The highest BCUT2D eigenvalue weighted by molar-refractivity contribution is 7.15. The van der Waals surface area contributed by atoms with E-state index in [0.717, 1.165) is 10.9 Å². The van der Waals surface area contributed by atoms with Gasteiger partial charge < -0.3 is 4.90 Å². The summed E-state index contributed by atoms with van der Waals surface area (Å²) in [5.41, 5.74) is 0.836. The number of carbonyl (C=O) groups is 1. The summed E-state index contributed by atoms with van der Waals surface area (Å²) in [7, 11) is 3.68. The lowest BCUT2D eigenvalue weighted by molar-refractivity contribution is 0.102. The number of benzene rings is 1. The fraction of sp³-hybridized carbons (Fsp3) is 0.167. The molecule has 26 heavy (non-hydrogen) atoms. The number of rotatable bonds is 5. The molecule has 1 aromatic carbocycles. The van der Waals surface area contributed by atoms with Gasteiger partial charge in [0.2, 0.25) is 0 Å². The molecule has 0 aliphatic rings. The fourth-order valence-electron chi connectivity index (χ4n) is 2.27. The Hall–Kier alpha value is -2.87. The van der Waals surface area contributed by atoms with Crippen molar-refractivity contribution in [3.05, 3.63) is 70.4 Å². The first-order chi connectivity index (χ1) is 12.4. The van der Waals surface area contributed by atoms with Crippen LogP contribution in [0, 0.1) is 11.6 Å². The van der Waals surface area contributed by atoms with Gasteiger partial charge in [-0.15, -0.1) is 11.3 Å². The highest BCUT2D eigenvalue weighted by atomic mass is 32.1. The Labute approximate surface area is 153 Å². The van der Waals surface area contributed by atoms with Crippen LogP contribution in [0.3, 0.4) is 0 Å². The van der Waals surface area contributed by atoms with E-state index >= 15 is 0 Å². The lowest BCUT2D eigenvalue weighted by Crippen LogP contribution is -2.15. The highest BCUT2D eigenvalue weighted by Crippen LogP contribution is 2.23. The second-order valence-corrected chi connectivity index (χ2v) is 6.91. The summed E-state index contributed by atoms with van der Waals surface area (Å²) < 4.78 is 26.7. The van der Waals surface area contributed by atoms with Gasteiger partial charge in [0.25, 0.3) is 5.91 Å². The number of amides is 1. The van der Waals surface area contributed by atoms with Gasteiger partial charge in [-0.1, -0.05) is 6.07 Å². The summed E-state index contributed by atoms with van der Waals surface area (Å²) in [5.74, 6) is -0.844. The quantitative estimate of drug-likeness (QED) is 0.739. The van der Waals surface area contributed by atoms with Crippen LogP contribution in [0.15, 0.2) is 42.7 Å². The summed E-state index contributed by atoms with van der Waals surface area (Å²) in [6, 6.07) is 6.77. The van der Waals surface area contributed by atoms with E-state index in [-0.39, 0.29) is 12.3 Å². The van der Waals surface area contributed by atoms with Gasteiger partial charge in [-0.2, -0.15) is 0 Å². The number of thiazole rings is 1. The molecule has 2 heterocycles. The van der Waals surface area contributed by atoms with Crippen LogP contribution in [0.2, 0.25) is 0 Å². The molecule has 0 saturated carbocycles. The Bertz CT molecular complexity index is 942. The van der Waals surface area contributed by atoms with Gasteiger partial charge in [0.1, 0.15) is 17.5 Å². The van der Waals surface area contributed by atoms with E-state index in [1.165, 1.54) is 23.5 Å². The van der Waals surface area contributed by atoms with Crippen LogP contribution < -0.4 is 10.2 Å². The molecule has 0 aliphatic heterocycles. The van der Waals surface area contributed by atoms with Crippen LogP contribution in [0.25, 0.3) is 0 Å². The molecule has 3 rings (SSSR count). The average molecular weight is 374 g/mol. The minimum atomic E-state index is -0.613. The van der Waals surface area contributed by atoms with E-state index in [9.17, 15) is 13.6 Å². The van der Waals surface area contributed by atoms with Crippen molar-refractivity contribution in [3.8, 4) is 0 Å². The Morgan fingerprint density at radius 3 is 2.73 bits per heavy atom. The minimum absolute atomic E-state index is 0.277. The maximum absolute atomic E-state index is 13.7. The van der Waals surface area contributed by atoms with E-state index in [1.807, 2.05) is 14.1 Å². The maximum atomic E-state index is 13.7. The first-order valence-corrected chi connectivity index (χ1v) is 8.57. The Kier molecular flexibility index (Phi) is 5.22. The van der Waals surface area contributed by atoms with Crippen molar-refractivity contribution in [1.82, 2.24) is 9.97 Å². The molecule has 0 saturated heterocycles. The molecule has 1 N–H and O–H groups in total. The number of aromatic nitrogens is 2. The third-order valence-electron chi connectivity index (χ3n) is 3.62. The molecule has 5 nitrogen and oxygen atoms in total. The Balaban J connectivity index is 1.70. The molecule has 8 heteroatoms. The standard InChI is InChI=1S/C18H16F2N4OS/c1-24(2)16-8-12(5-6-21-16)17(25)23-18-22-10-14(26-18)7-11-3-4-13(19)9-15(11)20/h3-6,8-10H,7H2,1-2H3,(H,22,23,25). The van der Waals surface area contributed by atoms with Crippen LogP contribution >= 0.6 is 11.3 Å². The third kappa shape index (κ3) is 4.20. The number of nitrogens with one attached hydrogen (secondary N) is 1. The van der Waals surface area contributed by atoms with E-state index in [2.05, 4.69) is 15.3 Å². The number of pyridine rings is 1. The summed E-state index contributed by atoms with van der Waals surface area (Å²) >= 11 is 1.24. The van der Waals surface area contributed by atoms with Crippen molar-refractivity contribution >= 4 is 28.2 Å². The van der Waals surface area contributed by atoms with Gasteiger partial charge in [0.15, 0.2) is 5.13 Å². The molecule has 2 aromatic heterocycles. The number of nitrogens with zero attached hydrogens (tertiary/aromatic N) is 3. The van der Waals surface area contributed by atoms with Crippen molar-refractivity contribution in [1.29, 1.82) is 0 Å². The van der Waals surface area contributed by atoms with Crippen molar-refractivity contribution in [2.75, 3.05) is 24.3 Å². The van der Waals surface area contributed by atoms with E-state index < -0.39 is 11.6 Å². The number of hydrogen-bond acceptors (Lipinski definition) is 5. The number of hydrogen-bond donors (Lipinski definition) is 1. The first-order valence-electron chi connectivity index (χ1n) is 7.76. The van der Waals surface area contributed by atoms with Crippen LogP contribution in [-0.2, 0) is 6.42 Å². The Morgan fingerprint density at radius 1 is 1.19 bits per heavy atom. The fourth-order valence-corrected chi connectivity index (χ4v) is 3.10. The van der Waals surface area contributed by atoms with Crippen molar-refractivity contribution in [2.24, 2.45) is 0 Å². The summed E-state index contributed by atoms with van der Waals surface area (Å²) in [5, 5.41) is 3.14. The SMILES string of the molecule is CN(C)c1cc(C(=O)Nc2ncc(Cc3ccc(F)cc3F)s2)ccn1. The van der Waals surface area contributed by atoms with Gasteiger partial charge in [-0.05, 0) is 23.8 Å². The van der Waals surface area contributed by atoms with Gasteiger partial charge in [0, 0.05) is 49.4 Å². The van der Waals surface area contributed by atoms with Crippen molar-refractivity contribution < 1.29 is 13.6 Å². The zero-order valence-electron chi connectivity index (χ0n) is 14.2. The zero-order chi connectivity index (χ0) is 18.7. The lowest BCUT2D eigenvalue weighted by atomic mass is 10.1. The topological polar surface area (TPSA) is 58.1 Å². The third-order valence-corrected chi connectivity index (χ3v) is 4.53. The normalized spacial score (nSPS) is 10.6. The summed E-state index contributed by atoms with van der Waals surface area (Å²) in [6.07, 6.45) is 3.41. The summed E-state index contributed by atoms with van der Waals surface area (Å²) in [6.45, 7) is 0. The second-order valence-electron chi connectivity index (χ2n) is 5.80. The summed E-state index contributed by atoms with van der Waals surface area (Å²) in [4.78, 5) is 23.2. The maximum Gasteiger partial charge on any atom is 0.257 e. The second kappa shape index (κ2) is 7.57. The number of carbonyl (C=O) groups excluding carboxylic acids is 1. The first kappa shape index (κ1) is 17.9. The van der Waals surface area contributed by atoms with E-state index in [1.54, 1.807) is 29.4 Å². The molecule has 3 aromatic rings. The molecule has 0 bridgehead atoms. The van der Waals surface area contributed by atoms with Crippen LogP contribution in [0.1, 0.15) is 20.8 Å². The minimum Gasteiger partial charge on any atom is -0.363 e. The lowest BCUT2D eigenvalue weighted by Gasteiger charge is -2.11. The van der Waals surface area contributed by atoms with Crippen LogP contribution in [0.5, 0.6) is 0 Å². The van der Waals surface area contributed by atoms with Gasteiger partial charge in [-0.25, -0.2) is 18.7 Å². The monoisotopic (exact) mass is 374 g/mol. The molecule has 0 unspecified atom stereocenters. The zero-order valence-corrected chi connectivity index (χ0v) is 15.0. The van der Waals surface area contributed by atoms with Crippen LogP contribution in [0.4, 0.5) is 19.7 Å². The Morgan fingerprint density at radius 2 is 2.00 bits per heavy atom. The van der Waals surface area contributed by atoms with Gasteiger partial charge in [-0.3, -0.25) is 10.1 Å². The predicted molar refractivity (Wildman–Crippen MR) is 97.8 cm³/mol. The molecule has 0 radical (unpaired) electrons. The van der Waals surface area contributed by atoms with Gasteiger partial charge >= 0.3 is 0 Å². The van der Waals surface area contributed by atoms with Crippen molar-refractivity contribution in [3.63, 3.8) is 0 Å². The van der Waals surface area contributed by atoms with Crippen molar-refractivity contribution in [2.45, 2.75) is 6.42 Å². The molecular formula is C18H16F2N4OS. The largest absolute Gasteiger partial charge is 0.363 e. The predicted octanol–water partition coefficient (Wildman–Crippen LogP) is 3.73. The molecule has 134 valence electrons. The van der Waals surface area contributed by atoms with E-state index in [0.29, 0.717) is 22.1 Å². The number of halogens is 2. The average Bonchev–Trinajstić information content (AvgIpc) is 3.04. The molecular weight excluding hydrogens is 358 g/mol. The molecule has 1 amide bonds. The number of anilines is 2. The molecule has 0 spiro atoms. The van der Waals surface area contributed by atoms with E-state index in [4.69, 9.17) is 0 Å². The highest BCUT2D eigenvalue weighted by Gasteiger charge is 2.12.